The van der Waals surface area contributed by atoms with E-state index in [0.29, 0.717) is 12.1 Å². The first kappa shape index (κ1) is 16.0. The Kier molecular flexibility index (Phi) is 3.04. The maximum atomic E-state index is 13.1. The minimum absolute atomic E-state index is 0.0438. The Morgan fingerprint density at radius 2 is 1.86 bits per heavy atom. The lowest BCUT2D eigenvalue weighted by Gasteiger charge is -2.22. The number of aromatic nitrogens is 2. The van der Waals surface area contributed by atoms with Gasteiger partial charge in [0.25, 0.3) is 5.56 Å². The van der Waals surface area contributed by atoms with Gasteiger partial charge in [-0.25, -0.2) is 4.98 Å². The van der Waals surface area contributed by atoms with Gasteiger partial charge in [0, 0.05) is 10.9 Å². The molecule has 0 fully saturated rings. The average molecular weight is 372 g/mol. The van der Waals surface area contributed by atoms with Crippen molar-refractivity contribution in [1.82, 2.24) is 9.55 Å². The first-order valence-corrected chi connectivity index (χ1v) is 9.89. The van der Waals surface area contributed by atoms with Crippen molar-refractivity contribution in [1.29, 1.82) is 0 Å². The van der Waals surface area contributed by atoms with Gasteiger partial charge in [-0.1, -0.05) is 0 Å². The van der Waals surface area contributed by atoms with Gasteiger partial charge in [-0.2, -0.15) is 0 Å². The summed E-state index contributed by atoms with van der Waals surface area (Å²) in [5.74, 6) is -0.271. The monoisotopic (exact) mass is 372 g/mol. The lowest BCUT2D eigenvalue weighted by atomic mass is 9.83. The molecule has 140 valence electrons. The van der Waals surface area contributed by atoms with Gasteiger partial charge in [0.15, 0.2) is 0 Å². The second-order valence-electron chi connectivity index (χ2n) is 8.22. The lowest BCUT2D eigenvalue weighted by molar-refractivity contribution is -0.145. The molecule has 28 heavy (non-hydrogen) atoms. The predicted octanol–water partition coefficient (Wildman–Crippen LogP) is 3.13. The SMILES string of the molecule is Cc1cc2nc3c(c4c2c(c1C)CCC4)Cn1c-3cc2c(c1=O)COC(=O)C2. The lowest BCUT2D eigenvalue weighted by Crippen LogP contribution is -2.30. The van der Waals surface area contributed by atoms with Crippen LogP contribution < -0.4 is 5.56 Å². The summed E-state index contributed by atoms with van der Waals surface area (Å²) in [6.07, 6.45) is 3.42. The summed E-state index contributed by atoms with van der Waals surface area (Å²) in [5, 5.41) is 1.30. The summed E-state index contributed by atoms with van der Waals surface area (Å²) in [6.45, 7) is 5.00. The minimum atomic E-state index is -0.271. The maximum Gasteiger partial charge on any atom is 0.310 e. The number of pyridine rings is 2. The van der Waals surface area contributed by atoms with Crippen molar-refractivity contribution in [2.24, 2.45) is 0 Å². The fourth-order valence-corrected chi connectivity index (χ4v) is 5.21. The number of benzene rings is 1. The molecule has 5 heteroatoms. The van der Waals surface area contributed by atoms with Gasteiger partial charge < -0.3 is 9.30 Å². The topological polar surface area (TPSA) is 61.2 Å². The highest BCUT2D eigenvalue weighted by Gasteiger charge is 2.31. The molecule has 0 amide bonds. The first-order chi connectivity index (χ1) is 13.5. The Hall–Kier alpha value is -2.95. The third kappa shape index (κ3) is 1.94. The molecule has 4 heterocycles. The van der Waals surface area contributed by atoms with E-state index in [0.717, 1.165) is 41.7 Å². The standard InChI is InChI=1S/C23H20N2O3/c1-11-6-18-21-14(12(11)2)4-3-5-15(21)16-9-25-19(22(16)24-18)7-13-8-20(26)28-10-17(13)23(25)27/h6-7H,3-5,8-10H2,1-2H3. The van der Waals surface area contributed by atoms with Crippen LogP contribution in [0.3, 0.4) is 0 Å². The predicted molar refractivity (Wildman–Crippen MR) is 106 cm³/mol. The second-order valence-corrected chi connectivity index (χ2v) is 8.22. The van der Waals surface area contributed by atoms with Crippen LogP contribution in [0.25, 0.3) is 22.3 Å². The summed E-state index contributed by atoms with van der Waals surface area (Å²) in [7, 11) is 0. The van der Waals surface area contributed by atoms with Gasteiger partial charge in [-0.3, -0.25) is 9.59 Å². The highest BCUT2D eigenvalue weighted by Crippen LogP contribution is 2.41. The van der Waals surface area contributed by atoms with Gasteiger partial charge >= 0.3 is 5.97 Å². The molecule has 6 rings (SSSR count). The third-order valence-corrected chi connectivity index (χ3v) is 6.76. The number of hydrogen-bond acceptors (Lipinski definition) is 4. The van der Waals surface area contributed by atoms with E-state index in [1.165, 1.54) is 33.2 Å². The fourth-order valence-electron chi connectivity index (χ4n) is 5.21. The van der Waals surface area contributed by atoms with Crippen molar-refractivity contribution in [3.63, 3.8) is 0 Å². The summed E-state index contributed by atoms with van der Waals surface area (Å²) in [5.41, 5.74) is 10.8. The number of esters is 1. The number of aryl methyl sites for hydroxylation is 3. The third-order valence-electron chi connectivity index (χ3n) is 6.76. The van der Waals surface area contributed by atoms with Crippen LogP contribution in [0.4, 0.5) is 0 Å². The summed E-state index contributed by atoms with van der Waals surface area (Å²) in [4.78, 5) is 29.9. The van der Waals surface area contributed by atoms with E-state index in [1.54, 1.807) is 0 Å². The molecule has 0 saturated carbocycles. The van der Waals surface area contributed by atoms with Crippen molar-refractivity contribution in [2.75, 3.05) is 0 Å². The number of carbonyl (C=O) groups excluding carboxylic acids is 1. The maximum absolute atomic E-state index is 13.1. The molecular weight excluding hydrogens is 352 g/mol. The Bertz CT molecular complexity index is 1300. The zero-order valence-electron chi connectivity index (χ0n) is 16.0. The van der Waals surface area contributed by atoms with E-state index in [-0.39, 0.29) is 24.6 Å². The van der Waals surface area contributed by atoms with E-state index in [1.807, 2.05) is 10.6 Å². The Balaban J connectivity index is 1.68. The highest BCUT2D eigenvalue weighted by molar-refractivity contribution is 5.93. The number of rotatable bonds is 0. The molecular formula is C23H20N2O3. The second kappa shape index (κ2) is 5.31. The molecule has 0 atom stereocenters. The molecule has 0 unspecified atom stereocenters. The number of cyclic esters (lactones) is 1. The molecule has 3 aliphatic rings. The molecule has 2 aliphatic heterocycles. The molecule has 1 aliphatic carbocycles. The van der Waals surface area contributed by atoms with Crippen LogP contribution in [0.2, 0.25) is 0 Å². The van der Waals surface area contributed by atoms with Crippen LogP contribution in [-0.2, 0) is 41.9 Å². The average Bonchev–Trinajstić information content (AvgIpc) is 3.05. The summed E-state index contributed by atoms with van der Waals surface area (Å²) < 4.78 is 6.93. The van der Waals surface area contributed by atoms with Crippen LogP contribution in [0.1, 0.15) is 45.4 Å². The highest BCUT2D eigenvalue weighted by atomic mass is 16.5. The van der Waals surface area contributed by atoms with E-state index < -0.39 is 0 Å². The van der Waals surface area contributed by atoms with E-state index >= 15 is 0 Å². The van der Waals surface area contributed by atoms with E-state index in [2.05, 4.69) is 19.9 Å². The van der Waals surface area contributed by atoms with Crippen LogP contribution in [-0.4, -0.2) is 15.5 Å². The Morgan fingerprint density at radius 1 is 1.04 bits per heavy atom. The largest absolute Gasteiger partial charge is 0.460 e. The van der Waals surface area contributed by atoms with Gasteiger partial charge in [-0.15, -0.1) is 0 Å². The Morgan fingerprint density at radius 3 is 2.71 bits per heavy atom. The van der Waals surface area contributed by atoms with Gasteiger partial charge in [0.05, 0.1) is 35.4 Å². The van der Waals surface area contributed by atoms with E-state index in [9.17, 15) is 9.59 Å². The first-order valence-electron chi connectivity index (χ1n) is 9.89. The molecule has 5 nitrogen and oxygen atoms in total. The van der Waals surface area contributed by atoms with Gasteiger partial charge in [0.2, 0.25) is 0 Å². The van der Waals surface area contributed by atoms with Crippen molar-refractivity contribution < 1.29 is 9.53 Å². The number of ether oxygens (including phenoxy) is 1. The molecule has 0 spiro atoms. The zero-order chi connectivity index (χ0) is 19.2. The minimum Gasteiger partial charge on any atom is -0.460 e. The van der Waals surface area contributed by atoms with Crippen LogP contribution >= 0.6 is 0 Å². The zero-order valence-corrected chi connectivity index (χ0v) is 16.0. The van der Waals surface area contributed by atoms with Gasteiger partial charge in [-0.05, 0) is 73.1 Å². The van der Waals surface area contributed by atoms with Gasteiger partial charge in [0.1, 0.15) is 6.61 Å². The van der Waals surface area contributed by atoms with Crippen LogP contribution in [0, 0.1) is 13.8 Å². The smallest absolute Gasteiger partial charge is 0.310 e. The van der Waals surface area contributed by atoms with E-state index in [4.69, 9.17) is 9.72 Å². The normalized spacial score (nSPS) is 16.6. The van der Waals surface area contributed by atoms with Crippen LogP contribution in [0.15, 0.2) is 16.9 Å². The number of carbonyl (C=O) groups is 1. The molecule has 0 radical (unpaired) electrons. The molecule has 3 aromatic rings. The molecule has 0 saturated heterocycles. The van der Waals surface area contributed by atoms with Crippen molar-refractivity contribution >= 4 is 16.9 Å². The quantitative estimate of drug-likeness (QED) is 0.445. The number of hydrogen-bond donors (Lipinski definition) is 0. The molecule has 1 aromatic carbocycles. The van der Waals surface area contributed by atoms with Crippen molar-refractivity contribution in [3.8, 4) is 11.4 Å². The fraction of sp³-hybridized carbons (Fsp3) is 0.348. The Labute approximate surface area is 162 Å². The van der Waals surface area contributed by atoms with Crippen LogP contribution in [0.5, 0.6) is 0 Å². The molecule has 2 aromatic heterocycles. The summed E-state index contributed by atoms with van der Waals surface area (Å²) in [6, 6.07) is 4.17. The number of fused-ring (bicyclic) bond motifs is 5. The van der Waals surface area contributed by atoms with Crippen molar-refractivity contribution in [2.45, 2.75) is 52.7 Å². The number of nitrogens with zero attached hydrogens (tertiary/aromatic N) is 2. The summed E-state index contributed by atoms with van der Waals surface area (Å²) >= 11 is 0. The van der Waals surface area contributed by atoms with Crippen molar-refractivity contribution in [3.05, 3.63) is 61.4 Å². The molecule has 0 N–H and O–H groups in total. The molecule has 0 bridgehead atoms.